The van der Waals surface area contributed by atoms with Crippen molar-refractivity contribution < 1.29 is 9.15 Å². The molecule has 0 saturated heterocycles. The van der Waals surface area contributed by atoms with Crippen molar-refractivity contribution >= 4 is 26.9 Å². The van der Waals surface area contributed by atoms with Crippen molar-refractivity contribution in [1.29, 1.82) is 0 Å². The van der Waals surface area contributed by atoms with Gasteiger partial charge in [-0.05, 0) is 48.0 Å². The molecule has 0 radical (unpaired) electrons. The SMILES string of the molecule is C#CC(C)(C)Oc1ccc2cc(Br)c(=O)oc2c1. The minimum atomic E-state index is -0.705. The van der Waals surface area contributed by atoms with Crippen LogP contribution >= 0.6 is 15.9 Å². The van der Waals surface area contributed by atoms with Gasteiger partial charge in [-0.1, -0.05) is 5.92 Å². The summed E-state index contributed by atoms with van der Waals surface area (Å²) in [5.74, 6) is 3.10. The van der Waals surface area contributed by atoms with Crippen LogP contribution in [-0.4, -0.2) is 5.60 Å². The Morgan fingerprint density at radius 2 is 2.11 bits per heavy atom. The molecular formula is C14H11BrO3. The fourth-order valence-corrected chi connectivity index (χ4v) is 1.78. The molecular weight excluding hydrogens is 296 g/mol. The molecule has 0 saturated carbocycles. The van der Waals surface area contributed by atoms with E-state index < -0.39 is 11.2 Å². The monoisotopic (exact) mass is 306 g/mol. The molecule has 2 rings (SSSR count). The maximum Gasteiger partial charge on any atom is 0.350 e. The van der Waals surface area contributed by atoms with Gasteiger partial charge in [0, 0.05) is 11.5 Å². The zero-order valence-corrected chi connectivity index (χ0v) is 11.6. The summed E-state index contributed by atoms with van der Waals surface area (Å²) in [4.78, 5) is 11.4. The van der Waals surface area contributed by atoms with Crippen molar-refractivity contribution in [2.75, 3.05) is 0 Å². The normalized spacial score (nSPS) is 11.2. The molecule has 18 heavy (non-hydrogen) atoms. The van der Waals surface area contributed by atoms with Gasteiger partial charge in [-0.25, -0.2) is 4.79 Å². The van der Waals surface area contributed by atoms with Gasteiger partial charge >= 0.3 is 5.63 Å². The van der Waals surface area contributed by atoms with E-state index in [0.717, 1.165) is 5.39 Å². The first-order chi connectivity index (χ1) is 8.41. The van der Waals surface area contributed by atoms with Crippen molar-refractivity contribution in [3.8, 4) is 18.1 Å². The van der Waals surface area contributed by atoms with Gasteiger partial charge in [-0.3, -0.25) is 0 Å². The van der Waals surface area contributed by atoms with Gasteiger partial charge in [-0.2, -0.15) is 0 Å². The number of fused-ring (bicyclic) bond motifs is 1. The molecule has 0 fully saturated rings. The highest BCUT2D eigenvalue weighted by Gasteiger charge is 2.16. The molecule has 0 atom stereocenters. The third-order valence-electron chi connectivity index (χ3n) is 2.39. The maximum absolute atomic E-state index is 11.4. The van der Waals surface area contributed by atoms with Crippen molar-refractivity contribution in [1.82, 2.24) is 0 Å². The highest BCUT2D eigenvalue weighted by Crippen LogP contribution is 2.24. The molecule has 3 nitrogen and oxygen atoms in total. The average molecular weight is 307 g/mol. The fourth-order valence-electron chi connectivity index (χ4n) is 1.45. The number of benzene rings is 1. The number of hydrogen-bond donors (Lipinski definition) is 0. The van der Waals surface area contributed by atoms with Crippen molar-refractivity contribution in [2.24, 2.45) is 0 Å². The van der Waals surface area contributed by atoms with Gasteiger partial charge in [0.2, 0.25) is 0 Å². The quantitative estimate of drug-likeness (QED) is 0.631. The summed E-state index contributed by atoms with van der Waals surface area (Å²) in [7, 11) is 0. The Labute approximate surface area is 113 Å². The smallest absolute Gasteiger partial charge is 0.350 e. The molecule has 0 aliphatic carbocycles. The predicted octanol–water partition coefficient (Wildman–Crippen LogP) is 3.35. The summed E-state index contributed by atoms with van der Waals surface area (Å²) >= 11 is 3.13. The van der Waals surface area contributed by atoms with E-state index >= 15 is 0 Å². The van der Waals surface area contributed by atoms with E-state index in [0.29, 0.717) is 15.8 Å². The summed E-state index contributed by atoms with van der Waals surface area (Å²) in [6.07, 6.45) is 5.36. The molecule has 92 valence electrons. The molecule has 0 aliphatic rings. The summed E-state index contributed by atoms with van der Waals surface area (Å²) in [6.45, 7) is 3.57. The van der Waals surface area contributed by atoms with Crippen molar-refractivity contribution in [3.05, 3.63) is 39.2 Å². The van der Waals surface area contributed by atoms with Crippen LogP contribution in [0.25, 0.3) is 11.0 Å². The Hall–Kier alpha value is -1.73. The van der Waals surface area contributed by atoms with Crippen LogP contribution in [0.3, 0.4) is 0 Å². The Balaban J connectivity index is 2.48. The van der Waals surface area contributed by atoms with E-state index in [-0.39, 0.29) is 0 Å². The minimum Gasteiger partial charge on any atom is -0.475 e. The van der Waals surface area contributed by atoms with Gasteiger partial charge in [0.1, 0.15) is 15.8 Å². The van der Waals surface area contributed by atoms with Crippen LogP contribution in [-0.2, 0) is 0 Å². The second kappa shape index (κ2) is 4.51. The predicted molar refractivity (Wildman–Crippen MR) is 73.7 cm³/mol. The Bertz CT molecular complexity index is 692. The molecule has 0 amide bonds. The summed E-state index contributed by atoms with van der Waals surface area (Å²) in [5, 5.41) is 0.812. The molecule has 1 heterocycles. The minimum absolute atomic E-state index is 0.396. The van der Waals surface area contributed by atoms with Crippen LogP contribution in [0.5, 0.6) is 5.75 Å². The van der Waals surface area contributed by atoms with Crippen LogP contribution < -0.4 is 10.4 Å². The molecule has 2 aromatic rings. The number of rotatable bonds is 2. The lowest BCUT2D eigenvalue weighted by atomic mass is 10.1. The highest BCUT2D eigenvalue weighted by atomic mass is 79.9. The van der Waals surface area contributed by atoms with Crippen LogP contribution in [0.4, 0.5) is 0 Å². The Morgan fingerprint density at radius 1 is 1.39 bits per heavy atom. The summed E-state index contributed by atoms with van der Waals surface area (Å²) in [5.41, 5.74) is -0.659. The molecule has 0 bridgehead atoms. The fraction of sp³-hybridized carbons (Fsp3) is 0.214. The first kappa shape index (κ1) is 12.7. The number of halogens is 1. The van der Waals surface area contributed by atoms with Crippen LogP contribution in [0, 0.1) is 12.3 Å². The zero-order valence-electron chi connectivity index (χ0n) is 9.99. The van der Waals surface area contributed by atoms with Gasteiger partial charge in [0.25, 0.3) is 0 Å². The molecule has 1 aromatic carbocycles. The third kappa shape index (κ3) is 2.57. The topological polar surface area (TPSA) is 39.4 Å². The molecule has 4 heteroatoms. The third-order valence-corrected chi connectivity index (χ3v) is 2.94. The van der Waals surface area contributed by atoms with Crippen LogP contribution in [0.2, 0.25) is 0 Å². The van der Waals surface area contributed by atoms with Gasteiger partial charge in [0.05, 0.1) is 0 Å². The Morgan fingerprint density at radius 3 is 2.78 bits per heavy atom. The van der Waals surface area contributed by atoms with Crippen molar-refractivity contribution in [2.45, 2.75) is 19.4 Å². The second-order valence-corrected chi connectivity index (χ2v) is 5.19. The average Bonchev–Trinajstić information content (AvgIpc) is 2.31. The molecule has 0 aliphatic heterocycles. The first-order valence-corrected chi connectivity index (χ1v) is 6.11. The summed E-state index contributed by atoms with van der Waals surface area (Å²) < 4.78 is 11.2. The highest BCUT2D eigenvalue weighted by molar-refractivity contribution is 9.10. The molecule has 0 N–H and O–H groups in total. The lowest BCUT2D eigenvalue weighted by Crippen LogP contribution is -2.25. The molecule has 0 unspecified atom stereocenters. The van der Waals surface area contributed by atoms with Crippen molar-refractivity contribution in [3.63, 3.8) is 0 Å². The molecule has 1 aromatic heterocycles. The van der Waals surface area contributed by atoms with E-state index in [1.165, 1.54) is 0 Å². The standard InChI is InChI=1S/C14H11BrO3/c1-4-14(2,3)18-10-6-5-9-7-11(15)13(16)17-12(9)8-10/h1,5-8H,2-3H3. The van der Waals surface area contributed by atoms with E-state index in [9.17, 15) is 4.79 Å². The van der Waals surface area contributed by atoms with Crippen LogP contribution in [0.1, 0.15) is 13.8 Å². The van der Waals surface area contributed by atoms with E-state index in [1.807, 2.05) is 6.07 Å². The number of ether oxygens (including phenoxy) is 1. The lowest BCUT2D eigenvalue weighted by molar-refractivity contribution is 0.172. The summed E-state index contributed by atoms with van der Waals surface area (Å²) in [6, 6.07) is 6.96. The zero-order chi connectivity index (χ0) is 13.3. The largest absolute Gasteiger partial charge is 0.475 e. The van der Waals surface area contributed by atoms with Gasteiger partial charge < -0.3 is 9.15 Å². The van der Waals surface area contributed by atoms with E-state index in [4.69, 9.17) is 15.6 Å². The maximum atomic E-state index is 11.4. The van der Waals surface area contributed by atoms with Crippen LogP contribution in [0.15, 0.2) is 37.9 Å². The lowest BCUT2D eigenvalue weighted by Gasteiger charge is -2.20. The van der Waals surface area contributed by atoms with E-state index in [2.05, 4.69) is 21.9 Å². The molecule has 0 spiro atoms. The van der Waals surface area contributed by atoms with E-state index in [1.54, 1.807) is 32.0 Å². The Kier molecular flexibility index (Phi) is 3.18. The number of terminal acetylenes is 1. The first-order valence-electron chi connectivity index (χ1n) is 5.31. The number of hydrogen-bond acceptors (Lipinski definition) is 3. The van der Waals surface area contributed by atoms with Gasteiger partial charge in [-0.15, -0.1) is 6.42 Å². The van der Waals surface area contributed by atoms with Gasteiger partial charge in [0.15, 0.2) is 5.60 Å². The second-order valence-electron chi connectivity index (χ2n) is 4.34.